The van der Waals surface area contributed by atoms with E-state index in [9.17, 15) is 0 Å². The largest absolute Gasteiger partial charge is 0.368 e. The highest BCUT2D eigenvalue weighted by molar-refractivity contribution is 7.98. The van der Waals surface area contributed by atoms with Gasteiger partial charge in [-0.3, -0.25) is 4.57 Å². The van der Waals surface area contributed by atoms with Crippen LogP contribution in [0.15, 0.2) is 33.9 Å². The molecule has 1 aromatic carbocycles. The lowest BCUT2D eigenvalue weighted by atomic mass is 10.1. The maximum absolute atomic E-state index is 5.63. The normalized spacial score (nSPS) is 11.0. The minimum atomic E-state index is 0.381. The van der Waals surface area contributed by atoms with E-state index in [0.29, 0.717) is 28.6 Å². The third kappa shape index (κ3) is 2.89. The van der Waals surface area contributed by atoms with Crippen molar-refractivity contribution >= 4 is 17.7 Å². The van der Waals surface area contributed by atoms with Crippen LogP contribution >= 0.6 is 11.8 Å². The highest BCUT2D eigenvalue weighted by atomic mass is 32.2. The molecule has 0 spiro atoms. The molecule has 0 saturated heterocycles. The van der Waals surface area contributed by atoms with Crippen LogP contribution in [0.5, 0.6) is 0 Å². The molecule has 2 aromatic heterocycles. The van der Waals surface area contributed by atoms with E-state index in [1.54, 1.807) is 4.57 Å². The highest BCUT2D eigenvalue weighted by Crippen LogP contribution is 2.22. The fourth-order valence-electron chi connectivity index (χ4n) is 1.71. The fraction of sp³-hybridized carbons (Fsp3) is 0.231. The summed E-state index contributed by atoms with van der Waals surface area (Å²) < 4.78 is 6.99. The van der Waals surface area contributed by atoms with Gasteiger partial charge in [0.05, 0.1) is 5.75 Å². The number of nitrogen functional groups attached to an aromatic ring is 1. The molecule has 8 heteroatoms. The van der Waals surface area contributed by atoms with Crippen molar-refractivity contribution in [2.75, 3.05) is 5.73 Å². The van der Waals surface area contributed by atoms with Gasteiger partial charge in [0.2, 0.25) is 5.95 Å². The van der Waals surface area contributed by atoms with Crippen molar-refractivity contribution in [3.05, 3.63) is 35.7 Å². The Morgan fingerprint density at radius 3 is 2.67 bits per heavy atom. The van der Waals surface area contributed by atoms with E-state index >= 15 is 0 Å². The van der Waals surface area contributed by atoms with Crippen LogP contribution in [0.25, 0.3) is 11.5 Å². The van der Waals surface area contributed by atoms with Crippen molar-refractivity contribution in [2.24, 2.45) is 7.05 Å². The van der Waals surface area contributed by atoms with Gasteiger partial charge < -0.3 is 10.3 Å². The van der Waals surface area contributed by atoms with E-state index in [2.05, 4.69) is 20.3 Å². The van der Waals surface area contributed by atoms with Crippen molar-refractivity contribution in [1.29, 1.82) is 0 Å². The number of hydrogen-bond donors (Lipinski definition) is 1. The van der Waals surface area contributed by atoms with Gasteiger partial charge in [-0.25, -0.2) is 0 Å². The Kier molecular flexibility index (Phi) is 3.61. The molecule has 2 heterocycles. The maximum Gasteiger partial charge on any atom is 0.257 e. The summed E-state index contributed by atoms with van der Waals surface area (Å²) in [5, 5.41) is 12.5. The number of anilines is 1. The smallest absolute Gasteiger partial charge is 0.257 e. The number of nitrogens with zero attached hydrogens (tertiary/aromatic N) is 5. The molecule has 0 aliphatic carbocycles. The molecular weight excluding hydrogens is 288 g/mol. The molecule has 108 valence electrons. The van der Waals surface area contributed by atoms with Gasteiger partial charge in [0, 0.05) is 12.6 Å². The van der Waals surface area contributed by atoms with Crippen LogP contribution in [0.4, 0.5) is 5.95 Å². The summed E-state index contributed by atoms with van der Waals surface area (Å²) in [5.41, 5.74) is 7.73. The topological polar surface area (TPSA) is 95.7 Å². The van der Waals surface area contributed by atoms with Crippen LogP contribution in [-0.4, -0.2) is 24.9 Å². The van der Waals surface area contributed by atoms with Crippen LogP contribution in [0.3, 0.4) is 0 Å². The predicted octanol–water partition coefficient (Wildman–Crippen LogP) is 2.05. The third-order valence-corrected chi connectivity index (χ3v) is 3.98. The summed E-state index contributed by atoms with van der Waals surface area (Å²) in [6.07, 6.45) is 0. The SMILES string of the molecule is Cc1ccc(-c2nc(CSc3nnc(N)n3C)no2)cc1. The monoisotopic (exact) mass is 302 g/mol. The first-order valence-electron chi connectivity index (χ1n) is 6.31. The molecule has 0 unspecified atom stereocenters. The van der Waals surface area contributed by atoms with Gasteiger partial charge in [-0.1, -0.05) is 34.6 Å². The highest BCUT2D eigenvalue weighted by Gasteiger charge is 2.11. The summed E-state index contributed by atoms with van der Waals surface area (Å²) in [7, 11) is 1.81. The average Bonchev–Trinajstić information content (AvgIpc) is 3.07. The Morgan fingerprint density at radius 2 is 2.00 bits per heavy atom. The lowest BCUT2D eigenvalue weighted by Crippen LogP contribution is -1.98. The van der Waals surface area contributed by atoms with Crippen LogP contribution < -0.4 is 5.73 Å². The van der Waals surface area contributed by atoms with Gasteiger partial charge in [-0.2, -0.15) is 4.98 Å². The van der Waals surface area contributed by atoms with E-state index in [4.69, 9.17) is 10.3 Å². The van der Waals surface area contributed by atoms with E-state index < -0.39 is 0 Å². The van der Waals surface area contributed by atoms with Gasteiger partial charge in [0.15, 0.2) is 11.0 Å². The molecule has 0 fully saturated rings. The van der Waals surface area contributed by atoms with Crippen molar-refractivity contribution in [3.63, 3.8) is 0 Å². The maximum atomic E-state index is 5.63. The number of aromatic nitrogens is 5. The number of aryl methyl sites for hydroxylation is 1. The van der Waals surface area contributed by atoms with E-state index in [1.165, 1.54) is 17.3 Å². The average molecular weight is 302 g/mol. The zero-order valence-electron chi connectivity index (χ0n) is 11.6. The van der Waals surface area contributed by atoms with Gasteiger partial charge >= 0.3 is 0 Å². The van der Waals surface area contributed by atoms with E-state index in [-0.39, 0.29) is 0 Å². The summed E-state index contributed by atoms with van der Waals surface area (Å²) in [6, 6.07) is 7.94. The number of thioether (sulfide) groups is 1. The molecule has 0 radical (unpaired) electrons. The first-order chi connectivity index (χ1) is 10.1. The second-order valence-electron chi connectivity index (χ2n) is 4.57. The van der Waals surface area contributed by atoms with Crippen LogP contribution in [0.2, 0.25) is 0 Å². The summed E-state index contributed by atoms with van der Waals surface area (Å²) in [4.78, 5) is 4.37. The van der Waals surface area contributed by atoms with Gasteiger partial charge in [0.1, 0.15) is 0 Å². The molecule has 0 aliphatic rings. The van der Waals surface area contributed by atoms with E-state index in [1.807, 2.05) is 38.2 Å². The second-order valence-corrected chi connectivity index (χ2v) is 5.51. The van der Waals surface area contributed by atoms with Crippen LogP contribution in [0.1, 0.15) is 11.4 Å². The number of benzene rings is 1. The fourth-order valence-corrected chi connectivity index (χ4v) is 2.47. The molecule has 21 heavy (non-hydrogen) atoms. The lowest BCUT2D eigenvalue weighted by molar-refractivity contribution is 0.425. The third-order valence-electron chi connectivity index (χ3n) is 2.97. The van der Waals surface area contributed by atoms with Crippen molar-refractivity contribution in [3.8, 4) is 11.5 Å². The Bertz CT molecular complexity index is 748. The van der Waals surface area contributed by atoms with Crippen molar-refractivity contribution < 1.29 is 4.52 Å². The molecular formula is C13H14N6OS. The molecule has 3 rings (SSSR count). The first-order valence-corrected chi connectivity index (χ1v) is 7.29. The van der Waals surface area contributed by atoms with Crippen LogP contribution in [0, 0.1) is 6.92 Å². The molecule has 0 bridgehead atoms. The Hall–Kier alpha value is -2.35. The quantitative estimate of drug-likeness (QED) is 0.737. The molecule has 7 nitrogen and oxygen atoms in total. The Morgan fingerprint density at radius 1 is 1.24 bits per heavy atom. The zero-order valence-corrected chi connectivity index (χ0v) is 12.5. The number of nitrogens with two attached hydrogens (primary N) is 1. The Labute approximate surface area is 125 Å². The minimum absolute atomic E-state index is 0.381. The van der Waals surface area contributed by atoms with Gasteiger partial charge in [-0.15, -0.1) is 10.2 Å². The van der Waals surface area contributed by atoms with E-state index in [0.717, 1.165) is 5.56 Å². The minimum Gasteiger partial charge on any atom is -0.368 e. The molecule has 0 atom stereocenters. The predicted molar refractivity (Wildman–Crippen MR) is 79.4 cm³/mol. The zero-order chi connectivity index (χ0) is 14.8. The molecule has 0 amide bonds. The second kappa shape index (κ2) is 5.57. The van der Waals surface area contributed by atoms with Gasteiger partial charge in [-0.05, 0) is 19.1 Å². The van der Waals surface area contributed by atoms with Crippen molar-refractivity contribution in [1.82, 2.24) is 24.9 Å². The summed E-state index contributed by atoms with van der Waals surface area (Å²) >= 11 is 1.46. The van der Waals surface area contributed by atoms with Crippen molar-refractivity contribution in [2.45, 2.75) is 17.8 Å². The summed E-state index contributed by atoms with van der Waals surface area (Å²) in [5.74, 6) is 2.05. The number of rotatable bonds is 4. The molecule has 0 aliphatic heterocycles. The van der Waals surface area contributed by atoms with Crippen LogP contribution in [-0.2, 0) is 12.8 Å². The molecule has 3 aromatic rings. The summed E-state index contributed by atoms with van der Waals surface area (Å²) in [6.45, 7) is 2.03. The van der Waals surface area contributed by atoms with Gasteiger partial charge in [0.25, 0.3) is 5.89 Å². The number of hydrogen-bond acceptors (Lipinski definition) is 7. The molecule has 0 saturated carbocycles. The Balaban J connectivity index is 1.70. The first kappa shape index (κ1) is 13.6. The lowest BCUT2D eigenvalue weighted by Gasteiger charge is -1.97. The molecule has 2 N–H and O–H groups in total. The standard InChI is InChI=1S/C13H14N6OS/c1-8-3-5-9(6-4-8)11-15-10(18-20-11)7-21-13-17-16-12(14)19(13)2/h3-6H,7H2,1-2H3,(H2,14,16).